The van der Waals surface area contributed by atoms with Crippen LogP contribution in [0.5, 0.6) is 5.75 Å². The van der Waals surface area contributed by atoms with Crippen molar-refractivity contribution in [3.63, 3.8) is 0 Å². The number of fused-ring (bicyclic) bond motifs is 1. The standard InChI is InChI=1S/C7H4O5/c8-4-5-3(1-2-11-5)12-6(4)7(9)10/h1-2,8H,(H,9,10). The number of hydrogen-bond donors (Lipinski definition) is 2. The fourth-order valence-corrected chi connectivity index (χ4v) is 0.957. The van der Waals surface area contributed by atoms with E-state index in [2.05, 4.69) is 0 Å². The third-order valence-corrected chi connectivity index (χ3v) is 1.47. The van der Waals surface area contributed by atoms with Crippen LogP contribution in [0.25, 0.3) is 11.2 Å². The first-order chi connectivity index (χ1) is 5.70. The molecule has 0 saturated carbocycles. The second-order valence-corrected chi connectivity index (χ2v) is 2.20. The van der Waals surface area contributed by atoms with Crippen molar-refractivity contribution in [1.82, 2.24) is 0 Å². The lowest BCUT2D eigenvalue weighted by Gasteiger charge is -1.85. The first kappa shape index (κ1) is 6.78. The summed E-state index contributed by atoms with van der Waals surface area (Å²) in [6, 6.07) is 1.43. The van der Waals surface area contributed by atoms with Crippen LogP contribution in [0.3, 0.4) is 0 Å². The van der Waals surface area contributed by atoms with E-state index in [4.69, 9.17) is 13.9 Å². The minimum atomic E-state index is -1.32. The lowest BCUT2D eigenvalue weighted by Crippen LogP contribution is -1.92. The molecule has 0 unspecified atom stereocenters. The molecular weight excluding hydrogens is 164 g/mol. The van der Waals surface area contributed by atoms with Crippen molar-refractivity contribution < 1.29 is 23.8 Å². The number of carboxylic acids is 1. The molecule has 2 N–H and O–H groups in total. The van der Waals surface area contributed by atoms with E-state index in [1.807, 2.05) is 0 Å². The number of furan rings is 2. The lowest BCUT2D eigenvalue weighted by molar-refractivity contribution is 0.0660. The summed E-state index contributed by atoms with van der Waals surface area (Å²) in [5, 5.41) is 17.7. The number of aromatic carboxylic acids is 1. The van der Waals surface area contributed by atoms with Crippen molar-refractivity contribution in [3.05, 3.63) is 18.1 Å². The second-order valence-electron chi connectivity index (χ2n) is 2.20. The minimum absolute atomic E-state index is 0.0624. The van der Waals surface area contributed by atoms with Gasteiger partial charge in [0.05, 0.1) is 6.26 Å². The van der Waals surface area contributed by atoms with Gasteiger partial charge in [-0.25, -0.2) is 4.79 Å². The van der Waals surface area contributed by atoms with Gasteiger partial charge >= 0.3 is 5.97 Å². The molecule has 2 aromatic rings. The normalized spacial score (nSPS) is 10.7. The van der Waals surface area contributed by atoms with Crippen molar-refractivity contribution in [2.75, 3.05) is 0 Å². The summed E-state index contributed by atoms with van der Waals surface area (Å²) >= 11 is 0. The smallest absolute Gasteiger partial charge is 0.375 e. The van der Waals surface area contributed by atoms with Crippen LogP contribution >= 0.6 is 0 Å². The number of rotatable bonds is 1. The van der Waals surface area contributed by atoms with Crippen LogP contribution in [-0.2, 0) is 0 Å². The molecule has 2 heterocycles. The summed E-state index contributed by atoms with van der Waals surface area (Å²) in [6.07, 6.45) is 1.31. The molecular formula is C7H4O5. The van der Waals surface area contributed by atoms with E-state index in [1.165, 1.54) is 12.3 Å². The average molecular weight is 168 g/mol. The van der Waals surface area contributed by atoms with Gasteiger partial charge in [-0.2, -0.15) is 0 Å². The predicted octanol–water partition coefficient (Wildman–Crippen LogP) is 1.43. The number of carboxylic acid groups (broad SMARTS) is 1. The molecule has 0 atom stereocenters. The summed E-state index contributed by atoms with van der Waals surface area (Å²) in [6.45, 7) is 0. The zero-order chi connectivity index (χ0) is 8.72. The first-order valence-corrected chi connectivity index (χ1v) is 3.12. The maximum atomic E-state index is 10.4. The van der Waals surface area contributed by atoms with Gasteiger partial charge in [-0.1, -0.05) is 0 Å². The Morgan fingerprint density at radius 1 is 1.50 bits per heavy atom. The van der Waals surface area contributed by atoms with Gasteiger partial charge < -0.3 is 19.0 Å². The Morgan fingerprint density at radius 2 is 2.25 bits per heavy atom. The average Bonchev–Trinajstić information content (AvgIpc) is 2.53. The Hall–Kier alpha value is -1.91. The number of carbonyl (C=O) groups is 1. The van der Waals surface area contributed by atoms with Crippen molar-refractivity contribution in [2.45, 2.75) is 0 Å². The third-order valence-electron chi connectivity index (χ3n) is 1.47. The molecule has 0 bridgehead atoms. The molecule has 2 aromatic heterocycles. The molecule has 5 heteroatoms. The molecule has 0 aliphatic rings. The molecule has 0 fully saturated rings. The zero-order valence-corrected chi connectivity index (χ0v) is 5.77. The molecule has 2 rings (SSSR count). The fraction of sp³-hybridized carbons (Fsp3) is 0. The molecule has 0 aliphatic heterocycles. The highest BCUT2D eigenvalue weighted by Crippen LogP contribution is 2.32. The van der Waals surface area contributed by atoms with Gasteiger partial charge in [0, 0.05) is 6.07 Å². The van der Waals surface area contributed by atoms with Crippen molar-refractivity contribution in [2.24, 2.45) is 0 Å². The van der Waals surface area contributed by atoms with Crippen LogP contribution in [-0.4, -0.2) is 16.2 Å². The molecule has 0 aliphatic carbocycles. The SMILES string of the molecule is O=C(O)c1oc2ccoc2c1O. The number of hydrogen-bond acceptors (Lipinski definition) is 4. The first-order valence-electron chi connectivity index (χ1n) is 3.12. The van der Waals surface area contributed by atoms with Gasteiger partial charge in [0.15, 0.2) is 5.58 Å². The van der Waals surface area contributed by atoms with Crippen molar-refractivity contribution in [3.8, 4) is 5.75 Å². The Labute approximate surface area is 65.8 Å². The summed E-state index contributed by atoms with van der Waals surface area (Å²) in [5.41, 5.74) is 0.289. The zero-order valence-electron chi connectivity index (χ0n) is 5.77. The van der Waals surface area contributed by atoms with Crippen molar-refractivity contribution >= 4 is 17.1 Å². The Bertz CT molecular complexity index is 436. The Kier molecular flexibility index (Phi) is 1.15. The topological polar surface area (TPSA) is 83.8 Å². The van der Waals surface area contributed by atoms with E-state index in [9.17, 15) is 9.90 Å². The summed E-state index contributed by atoms with van der Waals surface area (Å²) in [4.78, 5) is 10.4. The van der Waals surface area contributed by atoms with Crippen LogP contribution in [0.15, 0.2) is 21.2 Å². The van der Waals surface area contributed by atoms with Crippen molar-refractivity contribution in [1.29, 1.82) is 0 Å². The van der Waals surface area contributed by atoms with Gasteiger partial charge in [0.2, 0.25) is 11.3 Å². The highest BCUT2D eigenvalue weighted by atomic mass is 16.4. The van der Waals surface area contributed by atoms with Gasteiger partial charge in [0.25, 0.3) is 5.76 Å². The molecule has 0 amide bonds. The summed E-state index contributed by atoms with van der Waals surface area (Å²) in [7, 11) is 0. The Balaban J connectivity index is 2.78. The monoisotopic (exact) mass is 168 g/mol. The van der Waals surface area contributed by atoms with E-state index < -0.39 is 17.5 Å². The van der Waals surface area contributed by atoms with E-state index in [0.29, 0.717) is 0 Å². The quantitative estimate of drug-likeness (QED) is 0.672. The third kappa shape index (κ3) is 0.701. The highest BCUT2D eigenvalue weighted by molar-refractivity contribution is 5.95. The van der Waals surface area contributed by atoms with Crippen LogP contribution in [0, 0.1) is 0 Å². The largest absolute Gasteiger partial charge is 0.501 e. The maximum Gasteiger partial charge on any atom is 0.375 e. The maximum absolute atomic E-state index is 10.4. The number of aromatic hydroxyl groups is 1. The molecule has 5 nitrogen and oxygen atoms in total. The van der Waals surface area contributed by atoms with Crippen LogP contribution in [0.2, 0.25) is 0 Å². The molecule has 12 heavy (non-hydrogen) atoms. The summed E-state index contributed by atoms with van der Waals surface area (Å²) in [5.74, 6) is -2.29. The van der Waals surface area contributed by atoms with Crippen LogP contribution in [0.4, 0.5) is 0 Å². The van der Waals surface area contributed by atoms with Gasteiger partial charge in [-0.3, -0.25) is 0 Å². The highest BCUT2D eigenvalue weighted by Gasteiger charge is 2.21. The van der Waals surface area contributed by atoms with Gasteiger partial charge in [-0.05, 0) is 0 Å². The lowest BCUT2D eigenvalue weighted by atomic mass is 10.4. The minimum Gasteiger partial charge on any atom is -0.501 e. The molecule has 0 radical (unpaired) electrons. The Morgan fingerprint density at radius 3 is 2.83 bits per heavy atom. The van der Waals surface area contributed by atoms with E-state index in [0.717, 1.165) is 0 Å². The van der Waals surface area contributed by atoms with E-state index in [1.54, 1.807) is 0 Å². The van der Waals surface area contributed by atoms with E-state index >= 15 is 0 Å². The van der Waals surface area contributed by atoms with Gasteiger partial charge in [-0.15, -0.1) is 0 Å². The predicted molar refractivity (Wildman–Crippen MR) is 37.1 cm³/mol. The molecule has 0 spiro atoms. The van der Waals surface area contributed by atoms with Crippen LogP contribution < -0.4 is 0 Å². The second kappa shape index (κ2) is 2.04. The molecule has 0 aromatic carbocycles. The fourth-order valence-electron chi connectivity index (χ4n) is 0.957. The molecule has 62 valence electrons. The molecule has 0 saturated heterocycles. The van der Waals surface area contributed by atoms with Gasteiger partial charge in [0.1, 0.15) is 0 Å². The summed E-state index contributed by atoms with van der Waals surface area (Å²) < 4.78 is 9.53. The van der Waals surface area contributed by atoms with Crippen LogP contribution in [0.1, 0.15) is 10.6 Å². The van der Waals surface area contributed by atoms with E-state index in [-0.39, 0.29) is 11.2 Å².